The molecule has 2 atom stereocenters. The molecule has 0 unspecified atom stereocenters. The van der Waals surface area contributed by atoms with Gasteiger partial charge in [-0.2, -0.15) is 0 Å². The third-order valence-electron chi connectivity index (χ3n) is 4.88. The van der Waals surface area contributed by atoms with Crippen LogP contribution in [-0.2, 0) is 17.9 Å². The Morgan fingerprint density at radius 2 is 2.00 bits per heavy atom. The molecule has 1 aromatic heterocycles. The first kappa shape index (κ1) is 19.1. The number of hydrogen-bond acceptors (Lipinski definition) is 4. The molecule has 1 amide bonds. The van der Waals surface area contributed by atoms with Gasteiger partial charge in [0.05, 0.1) is 0 Å². The van der Waals surface area contributed by atoms with Crippen molar-refractivity contribution in [2.45, 2.75) is 38.9 Å². The SMILES string of the molecule is CC(=O)N[C@H]1CN(Cc2cc(CN(C)C)cs2)C[C@@H]1c1ccc(C)cc1. The number of aryl methyl sites for hydroxylation is 1. The van der Waals surface area contributed by atoms with Crippen LogP contribution in [0.15, 0.2) is 35.7 Å². The first-order valence-electron chi connectivity index (χ1n) is 9.17. The van der Waals surface area contributed by atoms with Crippen LogP contribution in [0, 0.1) is 6.92 Å². The quantitative estimate of drug-likeness (QED) is 0.847. The Balaban J connectivity index is 1.70. The Kier molecular flexibility index (Phi) is 6.12. The lowest BCUT2D eigenvalue weighted by atomic mass is 9.93. The zero-order valence-electron chi connectivity index (χ0n) is 16.2. The highest BCUT2D eigenvalue weighted by Gasteiger charge is 2.34. The van der Waals surface area contributed by atoms with Crippen LogP contribution in [-0.4, -0.2) is 48.9 Å². The summed E-state index contributed by atoms with van der Waals surface area (Å²) in [5.74, 6) is 0.402. The Bertz CT molecular complexity index is 738. The fourth-order valence-corrected chi connectivity index (χ4v) is 4.67. The lowest BCUT2D eigenvalue weighted by Gasteiger charge is -2.19. The molecular weight excluding hydrogens is 342 g/mol. The van der Waals surface area contributed by atoms with Crippen molar-refractivity contribution >= 4 is 17.2 Å². The molecule has 1 aliphatic heterocycles. The molecule has 0 bridgehead atoms. The highest BCUT2D eigenvalue weighted by Crippen LogP contribution is 2.30. The molecular formula is C21H29N3OS. The van der Waals surface area contributed by atoms with Gasteiger partial charge in [-0.05, 0) is 43.6 Å². The zero-order chi connectivity index (χ0) is 18.7. The van der Waals surface area contributed by atoms with Gasteiger partial charge < -0.3 is 10.2 Å². The van der Waals surface area contributed by atoms with Gasteiger partial charge in [0.25, 0.3) is 0 Å². The van der Waals surface area contributed by atoms with Gasteiger partial charge in [0, 0.05) is 49.9 Å². The normalized spacial score (nSPS) is 20.7. The van der Waals surface area contributed by atoms with Gasteiger partial charge in [-0.1, -0.05) is 29.8 Å². The molecule has 1 aliphatic rings. The summed E-state index contributed by atoms with van der Waals surface area (Å²) in [7, 11) is 4.20. The number of hydrogen-bond donors (Lipinski definition) is 1. The van der Waals surface area contributed by atoms with Gasteiger partial charge in [0.2, 0.25) is 5.91 Å². The maximum Gasteiger partial charge on any atom is 0.217 e. The van der Waals surface area contributed by atoms with Gasteiger partial charge in [-0.25, -0.2) is 0 Å². The highest BCUT2D eigenvalue weighted by molar-refractivity contribution is 7.10. The monoisotopic (exact) mass is 371 g/mol. The average Bonchev–Trinajstić information content (AvgIpc) is 3.14. The first-order chi connectivity index (χ1) is 12.4. The molecule has 1 fully saturated rings. The number of likely N-dealkylation sites (tertiary alicyclic amines) is 1. The Hall–Kier alpha value is -1.69. The third kappa shape index (κ3) is 4.93. The van der Waals surface area contributed by atoms with Crippen LogP contribution in [0.2, 0.25) is 0 Å². The van der Waals surface area contributed by atoms with E-state index in [1.54, 1.807) is 6.92 Å². The van der Waals surface area contributed by atoms with Crippen molar-refractivity contribution in [1.29, 1.82) is 0 Å². The molecule has 0 aliphatic carbocycles. The lowest BCUT2D eigenvalue weighted by molar-refractivity contribution is -0.119. The Morgan fingerprint density at radius 1 is 1.27 bits per heavy atom. The molecule has 0 spiro atoms. The van der Waals surface area contributed by atoms with E-state index in [1.165, 1.54) is 21.6 Å². The van der Waals surface area contributed by atoms with E-state index in [1.807, 2.05) is 11.3 Å². The van der Waals surface area contributed by atoms with Crippen molar-refractivity contribution < 1.29 is 4.79 Å². The van der Waals surface area contributed by atoms with E-state index in [2.05, 4.69) is 71.8 Å². The number of nitrogens with zero attached hydrogens (tertiary/aromatic N) is 2. The predicted molar refractivity (Wildman–Crippen MR) is 109 cm³/mol. The minimum Gasteiger partial charge on any atom is -0.352 e. The number of carbonyl (C=O) groups excluding carboxylic acids is 1. The maximum atomic E-state index is 11.7. The van der Waals surface area contributed by atoms with E-state index < -0.39 is 0 Å². The molecule has 0 saturated carbocycles. The molecule has 1 N–H and O–H groups in total. The van der Waals surface area contributed by atoms with Crippen LogP contribution in [0.3, 0.4) is 0 Å². The van der Waals surface area contributed by atoms with Gasteiger partial charge >= 0.3 is 0 Å². The topological polar surface area (TPSA) is 35.6 Å². The lowest BCUT2D eigenvalue weighted by Crippen LogP contribution is -2.38. The number of nitrogens with one attached hydrogen (secondary N) is 1. The zero-order valence-corrected chi connectivity index (χ0v) is 17.0. The van der Waals surface area contributed by atoms with Crippen LogP contribution < -0.4 is 5.32 Å². The Labute approximate surface area is 160 Å². The van der Waals surface area contributed by atoms with Crippen LogP contribution in [0.1, 0.15) is 34.4 Å². The fraction of sp³-hybridized carbons (Fsp3) is 0.476. The summed E-state index contributed by atoms with van der Waals surface area (Å²) in [6.45, 7) is 7.54. The van der Waals surface area contributed by atoms with E-state index in [-0.39, 0.29) is 11.9 Å². The van der Waals surface area contributed by atoms with E-state index >= 15 is 0 Å². The van der Waals surface area contributed by atoms with Gasteiger partial charge in [-0.3, -0.25) is 9.69 Å². The third-order valence-corrected chi connectivity index (χ3v) is 5.85. The van der Waals surface area contributed by atoms with E-state index in [9.17, 15) is 4.79 Å². The second-order valence-electron chi connectivity index (χ2n) is 7.68. The van der Waals surface area contributed by atoms with E-state index in [0.717, 1.165) is 26.2 Å². The number of rotatable bonds is 6. The predicted octanol–water partition coefficient (Wildman–Crippen LogP) is 3.22. The number of benzene rings is 1. The summed E-state index contributed by atoms with van der Waals surface area (Å²) < 4.78 is 0. The minimum absolute atomic E-state index is 0.0540. The van der Waals surface area contributed by atoms with Crippen molar-refractivity contribution in [2.24, 2.45) is 0 Å². The summed E-state index contributed by atoms with van der Waals surface area (Å²) in [6, 6.07) is 11.2. The van der Waals surface area contributed by atoms with Crippen LogP contribution in [0.4, 0.5) is 0 Å². The molecule has 5 heteroatoms. The van der Waals surface area contributed by atoms with E-state index in [4.69, 9.17) is 0 Å². The van der Waals surface area contributed by atoms with Gasteiger partial charge in [0.1, 0.15) is 0 Å². The summed E-state index contributed by atoms with van der Waals surface area (Å²) in [5, 5.41) is 5.43. The summed E-state index contributed by atoms with van der Waals surface area (Å²) in [4.78, 5) is 17.7. The largest absolute Gasteiger partial charge is 0.352 e. The molecule has 3 rings (SSSR count). The van der Waals surface area contributed by atoms with Crippen LogP contribution in [0.25, 0.3) is 0 Å². The molecule has 4 nitrogen and oxygen atoms in total. The van der Waals surface area contributed by atoms with Crippen molar-refractivity contribution in [3.63, 3.8) is 0 Å². The van der Waals surface area contributed by atoms with Crippen molar-refractivity contribution in [1.82, 2.24) is 15.1 Å². The van der Waals surface area contributed by atoms with E-state index in [0.29, 0.717) is 5.92 Å². The first-order valence-corrected chi connectivity index (χ1v) is 10.1. The maximum absolute atomic E-state index is 11.7. The second kappa shape index (κ2) is 8.33. The summed E-state index contributed by atoms with van der Waals surface area (Å²) in [5.41, 5.74) is 3.96. The standard InChI is InChI=1S/C21H29N3OS/c1-15-5-7-18(8-6-15)20-12-24(13-21(20)22-16(2)25)11-19-9-17(14-26-19)10-23(3)4/h5-9,14,20-21H,10-13H2,1-4H3,(H,22,25)/t20-,21+/m1/s1. The average molecular weight is 372 g/mol. The van der Waals surface area contributed by atoms with Crippen molar-refractivity contribution in [3.8, 4) is 0 Å². The van der Waals surface area contributed by atoms with Crippen molar-refractivity contribution in [3.05, 3.63) is 57.3 Å². The summed E-state index contributed by atoms with van der Waals surface area (Å²) >= 11 is 1.84. The molecule has 0 radical (unpaired) electrons. The number of amides is 1. The van der Waals surface area contributed by atoms with Gasteiger partial charge in [0.15, 0.2) is 0 Å². The van der Waals surface area contributed by atoms with Crippen LogP contribution in [0.5, 0.6) is 0 Å². The highest BCUT2D eigenvalue weighted by atomic mass is 32.1. The fourth-order valence-electron chi connectivity index (χ4n) is 3.75. The smallest absolute Gasteiger partial charge is 0.217 e. The van der Waals surface area contributed by atoms with Crippen LogP contribution >= 0.6 is 11.3 Å². The summed E-state index contributed by atoms with van der Waals surface area (Å²) in [6.07, 6.45) is 0. The molecule has 2 aromatic rings. The number of carbonyl (C=O) groups is 1. The molecule has 1 saturated heterocycles. The molecule has 2 heterocycles. The minimum atomic E-state index is 0.0540. The molecule has 1 aromatic carbocycles. The van der Waals surface area contributed by atoms with Crippen molar-refractivity contribution in [2.75, 3.05) is 27.2 Å². The second-order valence-corrected chi connectivity index (χ2v) is 8.67. The molecule has 26 heavy (non-hydrogen) atoms. The van der Waals surface area contributed by atoms with Gasteiger partial charge in [-0.15, -0.1) is 11.3 Å². The number of thiophene rings is 1. The Morgan fingerprint density at radius 3 is 2.65 bits per heavy atom. The molecule has 140 valence electrons.